The first-order chi connectivity index (χ1) is 9.72. The zero-order valence-electron chi connectivity index (χ0n) is 12.7. The lowest BCUT2D eigenvalue weighted by molar-refractivity contribution is 0.141. The van der Waals surface area contributed by atoms with Gasteiger partial charge in [-0.1, -0.05) is 19.9 Å². The molecule has 0 aromatic heterocycles. The molecule has 118 valence electrons. The van der Waals surface area contributed by atoms with E-state index in [0.717, 1.165) is 6.07 Å². The Balaban J connectivity index is 2.90. The standard InChI is InChI=1S/C15H22F2N2O2/c1-9(2)14(12-6-5-11(16)7-13(12)17)18-15(21)19(4)8-10(3)20/h5-7,9-10,14,20H,8H2,1-4H3,(H,18,21). The van der Waals surface area contributed by atoms with Crippen molar-refractivity contribution in [3.05, 3.63) is 35.4 Å². The number of amides is 2. The van der Waals surface area contributed by atoms with E-state index in [9.17, 15) is 18.7 Å². The number of likely N-dealkylation sites (N-methyl/N-ethyl adjacent to an activating group) is 1. The van der Waals surface area contributed by atoms with Gasteiger partial charge in [0.2, 0.25) is 0 Å². The molecule has 1 aromatic carbocycles. The molecule has 21 heavy (non-hydrogen) atoms. The minimum absolute atomic E-state index is 0.0751. The van der Waals surface area contributed by atoms with E-state index in [2.05, 4.69) is 5.32 Å². The second-order valence-electron chi connectivity index (χ2n) is 5.57. The molecule has 0 aliphatic heterocycles. The molecule has 1 rings (SSSR count). The third-order valence-corrected chi connectivity index (χ3v) is 3.13. The summed E-state index contributed by atoms with van der Waals surface area (Å²) in [6.45, 7) is 5.41. The maximum absolute atomic E-state index is 13.9. The van der Waals surface area contributed by atoms with E-state index in [1.54, 1.807) is 14.0 Å². The molecule has 0 spiro atoms. The van der Waals surface area contributed by atoms with Crippen LogP contribution < -0.4 is 5.32 Å². The minimum atomic E-state index is -0.688. The smallest absolute Gasteiger partial charge is 0.317 e. The zero-order valence-corrected chi connectivity index (χ0v) is 12.7. The Labute approximate surface area is 123 Å². The molecule has 1 aromatic rings. The van der Waals surface area contributed by atoms with Gasteiger partial charge in [-0.2, -0.15) is 0 Å². The van der Waals surface area contributed by atoms with Crippen molar-refractivity contribution in [1.29, 1.82) is 0 Å². The van der Waals surface area contributed by atoms with Crippen LogP contribution in [0.1, 0.15) is 32.4 Å². The number of carbonyl (C=O) groups is 1. The van der Waals surface area contributed by atoms with E-state index < -0.39 is 29.8 Å². The maximum Gasteiger partial charge on any atom is 0.317 e. The molecular weight excluding hydrogens is 278 g/mol. The number of benzene rings is 1. The molecule has 0 saturated heterocycles. The average Bonchev–Trinajstić information content (AvgIpc) is 2.35. The van der Waals surface area contributed by atoms with Crippen LogP contribution >= 0.6 is 0 Å². The van der Waals surface area contributed by atoms with Crippen molar-refractivity contribution in [2.45, 2.75) is 32.9 Å². The number of nitrogens with zero attached hydrogens (tertiary/aromatic N) is 1. The van der Waals surface area contributed by atoms with Gasteiger partial charge in [-0.15, -0.1) is 0 Å². The summed E-state index contributed by atoms with van der Waals surface area (Å²) in [6.07, 6.45) is -0.652. The molecular formula is C15H22F2N2O2. The highest BCUT2D eigenvalue weighted by Crippen LogP contribution is 2.25. The normalized spacial score (nSPS) is 13.9. The van der Waals surface area contributed by atoms with Crippen molar-refractivity contribution in [3.8, 4) is 0 Å². The van der Waals surface area contributed by atoms with Crippen LogP contribution in [0.25, 0.3) is 0 Å². The average molecular weight is 300 g/mol. The number of nitrogens with one attached hydrogen (secondary N) is 1. The highest BCUT2D eigenvalue weighted by atomic mass is 19.1. The van der Waals surface area contributed by atoms with Crippen molar-refractivity contribution in [2.24, 2.45) is 5.92 Å². The van der Waals surface area contributed by atoms with E-state index in [1.807, 2.05) is 13.8 Å². The van der Waals surface area contributed by atoms with Crippen molar-refractivity contribution in [3.63, 3.8) is 0 Å². The maximum atomic E-state index is 13.9. The highest BCUT2D eigenvalue weighted by molar-refractivity contribution is 5.74. The van der Waals surface area contributed by atoms with Gasteiger partial charge in [0.25, 0.3) is 0 Å². The lowest BCUT2D eigenvalue weighted by atomic mass is 9.95. The summed E-state index contributed by atoms with van der Waals surface area (Å²) >= 11 is 0. The number of hydrogen-bond donors (Lipinski definition) is 2. The summed E-state index contributed by atoms with van der Waals surface area (Å²) in [6, 6.07) is 2.31. The molecule has 0 radical (unpaired) electrons. The lowest BCUT2D eigenvalue weighted by Crippen LogP contribution is -2.43. The van der Waals surface area contributed by atoms with Crippen molar-refractivity contribution < 1.29 is 18.7 Å². The summed E-state index contributed by atoms with van der Waals surface area (Å²) in [4.78, 5) is 13.4. The molecule has 0 fully saturated rings. The minimum Gasteiger partial charge on any atom is -0.392 e. The Morgan fingerprint density at radius 1 is 1.33 bits per heavy atom. The van der Waals surface area contributed by atoms with E-state index in [1.165, 1.54) is 17.0 Å². The topological polar surface area (TPSA) is 52.6 Å². The predicted molar refractivity (Wildman–Crippen MR) is 76.8 cm³/mol. The Hall–Kier alpha value is -1.69. The molecule has 4 nitrogen and oxygen atoms in total. The summed E-state index contributed by atoms with van der Waals surface area (Å²) in [5, 5.41) is 12.0. The summed E-state index contributed by atoms with van der Waals surface area (Å²) < 4.78 is 26.9. The number of halogens is 2. The Morgan fingerprint density at radius 2 is 1.95 bits per heavy atom. The van der Waals surface area contributed by atoms with Crippen LogP contribution in [0.3, 0.4) is 0 Å². The summed E-state index contributed by atoms with van der Waals surface area (Å²) in [5.41, 5.74) is 0.241. The summed E-state index contributed by atoms with van der Waals surface area (Å²) in [5.74, 6) is -1.42. The molecule has 0 aliphatic rings. The van der Waals surface area contributed by atoms with Crippen molar-refractivity contribution in [1.82, 2.24) is 10.2 Å². The number of carbonyl (C=O) groups excluding carboxylic acids is 1. The van der Waals surface area contributed by atoms with Gasteiger partial charge in [0.1, 0.15) is 11.6 Å². The fourth-order valence-electron chi connectivity index (χ4n) is 2.08. The Morgan fingerprint density at radius 3 is 2.43 bits per heavy atom. The molecule has 2 amide bonds. The molecule has 2 N–H and O–H groups in total. The first kappa shape index (κ1) is 17.4. The second kappa shape index (κ2) is 7.36. The number of aliphatic hydroxyl groups is 1. The van der Waals surface area contributed by atoms with E-state index in [-0.39, 0.29) is 18.0 Å². The predicted octanol–water partition coefficient (Wildman–Crippen LogP) is 2.68. The summed E-state index contributed by atoms with van der Waals surface area (Å²) in [7, 11) is 1.54. The first-order valence-electron chi connectivity index (χ1n) is 6.87. The van der Waals surface area contributed by atoms with Crippen LogP contribution in [0.4, 0.5) is 13.6 Å². The van der Waals surface area contributed by atoms with Gasteiger partial charge in [0.15, 0.2) is 0 Å². The first-order valence-corrected chi connectivity index (χ1v) is 6.87. The largest absolute Gasteiger partial charge is 0.392 e. The SMILES string of the molecule is CC(O)CN(C)C(=O)NC(c1ccc(F)cc1F)C(C)C. The molecule has 2 atom stereocenters. The van der Waals surface area contributed by atoms with Gasteiger partial charge in [0.05, 0.1) is 12.1 Å². The van der Waals surface area contributed by atoms with Crippen LogP contribution in [-0.4, -0.2) is 35.7 Å². The highest BCUT2D eigenvalue weighted by Gasteiger charge is 2.23. The molecule has 0 aliphatic carbocycles. The molecule has 2 unspecified atom stereocenters. The van der Waals surface area contributed by atoms with E-state index in [4.69, 9.17) is 0 Å². The van der Waals surface area contributed by atoms with E-state index in [0.29, 0.717) is 0 Å². The molecule has 0 saturated carbocycles. The second-order valence-corrected chi connectivity index (χ2v) is 5.57. The number of urea groups is 1. The lowest BCUT2D eigenvalue weighted by Gasteiger charge is -2.27. The van der Waals surface area contributed by atoms with Gasteiger partial charge < -0.3 is 15.3 Å². The van der Waals surface area contributed by atoms with Gasteiger partial charge in [-0.05, 0) is 18.9 Å². The fraction of sp³-hybridized carbons (Fsp3) is 0.533. The van der Waals surface area contributed by atoms with Gasteiger partial charge in [0, 0.05) is 25.2 Å². The Kier molecular flexibility index (Phi) is 6.08. The fourth-order valence-corrected chi connectivity index (χ4v) is 2.08. The van der Waals surface area contributed by atoms with Gasteiger partial charge in [-0.3, -0.25) is 0 Å². The van der Waals surface area contributed by atoms with Crippen LogP contribution in [0.5, 0.6) is 0 Å². The molecule has 0 heterocycles. The van der Waals surface area contributed by atoms with Crippen LogP contribution in [0.15, 0.2) is 18.2 Å². The van der Waals surface area contributed by atoms with Crippen LogP contribution in [0.2, 0.25) is 0 Å². The molecule has 0 bridgehead atoms. The van der Waals surface area contributed by atoms with Crippen LogP contribution in [0, 0.1) is 17.6 Å². The third kappa shape index (κ3) is 4.97. The number of hydrogen-bond acceptors (Lipinski definition) is 2. The number of aliphatic hydroxyl groups excluding tert-OH is 1. The van der Waals surface area contributed by atoms with Crippen molar-refractivity contribution in [2.75, 3.05) is 13.6 Å². The van der Waals surface area contributed by atoms with E-state index >= 15 is 0 Å². The molecule has 6 heteroatoms. The quantitative estimate of drug-likeness (QED) is 0.878. The van der Waals surface area contributed by atoms with Crippen molar-refractivity contribution >= 4 is 6.03 Å². The number of rotatable bonds is 5. The van der Waals surface area contributed by atoms with Gasteiger partial charge in [-0.25, -0.2) is 13.6 Å². The van der Waals surface area contributed by atoms with Gasteiger partial charge >= 0.3 is 6.03 Å². The zero-order chi connectivity index (χ0) is 16.2. The third-order valence-electron chi connectivity index (χ3n) is 3.13. The Bertz CT molecular complexity index is 493. The van der Waals surface area contributed by atoms with Crippen LogP contribution in [-0.2, 0) is 0 Å². The monoisotopic (exact) mass is 300 g/mol.